The lowest BCUT2D eigenvalue weighted by Crippen LogP contribution is -2.16. The molecule has 0 heterocycles. The van der Waals surface area contributed by atoms with Crippen LogP contribution in [0, 0.1) is 17.8 Å². The molecule has 0 saturated heterocycles. The van der Waals surface area contributed by atoms with Crippen LogP contribution in [-0.2, 0) is 10.4 Å². The van der Waals surface area contributed by atoms with Gasteiger partial charge in [-0.1, -0.05) is 33.6 Å². The van der Waals surface area contributed by atoms with Crippen molar-refractivity contribution in [3.8, 4) is 0 Å². The van der Waals surface area contributed by atoms with Crippen molar-refractivity contribution in [2.75, 3.05) is 0 Å². The van der Waals surface area contributed by atoms with Crippen LogP contribution in [-0.4, -0.2) is 28.0 Å². The Morgan fingerprint density at radius 3 is 1.53 bits per heavy atom. The molecule has 0 spiro atoms. The minimum atomic E-state index is -4.67. The van der Waals surface area contributed by atoms with E-state index in [0.717, 1.165) is 17.8 Å². The molecule has 106 valence electrons. The van der Waals surface area contributed by atoms with E-state index in [1.807, 2.05) is 0 Å². The fourth-order valence-electron chi connectivity index (χ4n) is 1.95. The van der Waals surface area contributed by atoms with E-state index in [9.17, 15) is 0 Å². The van der Waals surface area contributed by atoms with Gasteiger partial charge in [0.05, 0.1) is 0 Å². The summed E-state index contributed by atoms with van der Waals surface area (Å²) in [5.41, 5.74) is 0. The molecule has 1 saturated carbocycles. The van der Waals surface area contributed by atoms with Gasteiger partial charge in [-0.25, -0.2) is 0 Å². The first-order valence-electron chi connectivity index (χ1n) is 5.60. The average molecular weight is 272 g/mol. The van der Waals surface area contributed by atoms with E-state index in [4.69, 9.17) is 28.0 Å². The highest BCUT2D eigenvalue weighted by Gasteiger charge is 2.19. The van der Waals surface area contributed by atoms with Crippen molar-refractivity contribution in [3.63, 3.8) is 0 Å². The summed E-state index contributed by atoms with van der Waals surface area (Å²) in [5, 5.41) is 12.0. The lowest BCUT2D eigenvalue weighted by Gasteiger charge is -2.28. The predicted molar refractivity (Wildman–Crippen MR) is 65.4 cm³/mol. The van der Waals surface area contributed by atoms with Gasteiger partial charge in [-0.15, -0.1) is 0 Å². The summed E-state index contributed by atoms with van der Waals surface area (Å²) in [6, 6.07) is 0. The lowest BCUT2D eigenvalue weighted by molar-refractivity contribution is -0.176. The van der Waals surface area contributed by atoms with Gasteiger partial charge in [-0.3, -0.25) is 19.6 Å². The highest BCUT2D eigenvalue weighted by Crippen LogP contribution is 2.32. The van der Waals surface area contributed by atoms with Gasteiger partial charge in [0.15, 0.2) is 0 Å². The monoisotopic (exact) mass is 272 g/mol. The maximum atomic E-state index is 8.74. The van der Waals surface area contributed by atoms with E-state index in [1.165, 1.54) is 25.7 Å². The zero-order valence-corrected chi connectivity index (χ0v) is 11.4. The third-order valence-electron chi connectivity index (χ3n) is 3.00. The molecule has 4 N–H and O–H groups in total. The molecule has 0 atom stereocenters. The smallest absolute Gasteiger partial charge is 0.264 e. The second-order valence-electron chi connectivity index (χ2n) is 4.71. The van der Waals surface area contributed by atoms with Gasteiger partial charge in [-0.05, 0) is 30.6 Å². The van der Waals surface area contributed by atoms with Crippen LogP contribution in [0.1, 0.15) is 46.5 Å². The predicted octanol–water partition coefficient (Wildman–Crippen LogP) is 2.83. The molecule has 1 rings (SSSR count). The van der Waals surface area contributed by atoms with Crippen molar-refractivity contribution in [1.29, 1.82) is 0 Å². The molecule has 0 aromatic heterocycles. The highest BCUT2D eigenvalue weighted by molar-refractivity contribution is 7.79. The summed E-state index contributed by atoms with van der Waals surface area (Å²) in [6.45, 7) is 7.11. The van der Waals surface area contributed by atoms with Crippen LogP contribution in [0.15, 0.2) is 0 Å². The largest absolute Gasteiger partial charge is 0.394 e. The number of hydrogen-bond donors (Lipinski definition) is 4. The molecule has 0 amide bonds. The summed E-state index contributed by atoms with van der Waals surface area (Å²) in [6.07, 6.45) is 5.92. The molecule has 0 radical (unpaired) electrons. The Kier molecular flexibility index (Phi) is 11.0. The van der Waals surface area contributed by atoms with Crippen molar-refractivity contribution in [2.45, 2.75) is 46.5 Å². The van der Waals surface area contributed by atoms with Crippen LogP contribution in [0.25, 0.3) is 0 Å². The number of hydrogen-bond acceptors (Lipinski definition) is 4. The SMILES string of the molecule is CC1CCC(C(C)C)CC1.O=S(=O)(O)O.OO. The maximum absolute atomic E-state index is 8.74. The van der Waals surface area contributed by atoms with Crippen LogP contribution >= 0.6 is 0 Å². The molecule has 7 heteroatoms. The Balaban J connectivity index is 0. The van der Waals surface area contributed by atoms with Crippen LogP contribution in [0.4, 0.5) is 0 Å². The van der Waals surface area contributed by atoms with E-state index in [-0.39, 0.29) is 0 Å². The van der Waals surface area contributed by atoms with Crippen molar-refractivity contribution >= 4 is 10.4 Å². The molecule has 0 aromatic carbocycles. The average Bonchev–Trinajstić information content (AvgIpc) is 2.19. The summed E-state index contributed by atoms with van der Waals surface area (Å²) < 4.78 is 31.6. The molecule has 0 aromatic rings. The Morgan fingerprint density at radius 2 is 1.29 bits per heavy atom. The van der Waals surface area contributed by atoms with Gasteiger partial charge in [0.1, 0.15) is 0 Å². The second kappa shape index (κ2) is 9.78. The van der Waals surface area contributed by atoms with E-state index in [2.05, 4.69) is 20.8 Å². The maximum Gasteiger partial charge on any atom is 0.394 e. The summed E-state index contributed by atoms with van der Waals surface area (Å²) in [5.74, 6) is 2.97. The van der Waals surface area contributed by atoms with Crippen LogP contribution < -0.4 is 0 Å². The van der Waals surface area contributed by atoms with Crippen LogP contribution in [0.2, 0.25) is 0 Å². The normalized spacial score (nSPS) is 24.2. The van der Waals surface area contributed by atoms with Crippen molar-refractivity contribution in [3.05, 3.63) is 0 Å². The molecular weight excluding hydrogens is 248 g/mol. The van der Waals surface area contributed by atoms with E-state index in [0.29, 0.717) is 0 Å². The van der Waals surface area contributed by atoms with Crippen LogP contribution in [0.5, 0.6) is 0 Å². The minimum absolute atomic E-state index is 0.924. The third kappa shape index (κ3) is 15.8. The van der Waals surface area contributed by atoms with Gasteiger partial charge in [0.2, 0.25) is 0 Å². The van der Waals surface area contributed by atoms with Gasteiger partial charge in [0, 0.05) is 0 Å². The van der Waals surface area contributed by atoms with Crippen molar-refractivity contribution < 1.29 is 28.0 Å². The van der Waals surface area contributed by atoms with E-state index in [1.54, 1.807) is 0 Å². The van der Waals surface area contributed by atoms with E-state index < -0.39 is 10.4 Å². The highest BCUT2D eigenvalue weighted by atomic mass is 32.3. The molecule has 1 aliphatic carbocycles. The van der Waals surface area contributed by atoms with Gasteiger partial charge >= 0.3 is 10.4 Å². The molecule has 0 aliphatic heterocycles. The molecular formula is C10H24O6S. The Morgan fingerprint density at radius 1 is 1.00 bits per heavy atom. The Labute approximate surface area is 103 Å². The van der Waals surface area contributed by atoms with Gasteiger partial charge < -0.3 is 0 Å². The summed E-state index contributed by atoms with van der Waals surface area (Å²) in [4.78, 5) is 0. The third-order valence-corrected chi connectivity index (χ3v) is 3.00. The summed E-state index contributed by atoms with van der Waals surface area (Å²) >= 11 is 0. The van der Waals surface area contributed by atoms with Crippen molar-refractivity contribution in [2.24, 2.45) is 17.8 Å². The zero-order chi connectivity index (χ0) is 14.1. The molecule has 1 aliphatic rings. The minimum Gasteiger partial charge on any atom is -0.264 e. The molecule has 1 fully saturated rings. The second-order valence-corrected chi connectivity index (χ2v) is 5.61. The van der Waals surface area contributed by atoms with Gasteiger partial charge in [-0.2, -0.15) is 8.42 Å². The van der Waals surface area contributed by atoms with Gasteiger partial charge in [0.25, 0.3) is 0 Å². The standard InChI is InChI=1S/C10H20.H2O4S.H2O2/c1-8(2)10-6-4-9(3)5-7-10;1-5(2,3)4;1-2/h8-10H,4-7H2,1-3H3;(H2,1,2,3,4);1-2H. The molecule has 0 bridgehead atoms. The Bertz CT molecular complexity index is 246. The fraction of sp³-hybridized carbons (Fsp3) is 1.00. The summed E-state index contributed by atoms with van der Waals surface area (Å²) in [7, 11) is -4.67. The topological polar surface area (TPSA) is 115 Å². The molecule has 17 heavy (non-hydrogen) atoms. The van der Waals surface area contributed by atoms with Crippen molar-refractivity contribution in [1.82, 2.24) is 0 Å². The molecule has 0 unspecified atom stereocenters. The lowest BCUT2D eigenvalue weighted by atomic mass is 9.78. The first-order chi connectivity index (χ1) is 7.70. The van der Waals surface area contributed by atoms with E-state index >= 15 is 0 Å². The van der Waals surface area contributed by atoms with Crippen LogP contribution in [0.3, 0.4) is 0 Å². The molecule has 6 nitrogen and oxygen atoms in total. The first kappa shape index (κ1) is 19.1. The first-order valence-corrected chi connectivity index (χ1v) is 6.99. The fourth-order valence-corrected chi connectivity index (χ4v) is 1.95. The number of rotatable bonds is 1. The quantitative estimate of drug-likeness (QED) is 0.331. The zero-order valence-electron chi connectivity index (χ0n) is 10.6. The Hall–Kier alpha value is -0.210.